The Kier molecular flexibility index (Phi) is 4.45. The second kappa shape index (κ2) is 6.30. The van der Waals surface area contributed by atoms with E-state index in [1.807, 2.05) is 0 Å². The van der Waals surface area contributed by atoms with Crippen LogP contribution in [-0.2, 0) is 23.2 Å². The van der Waals surface area contributed by atoms with Gasteiger partial charge in [0.25, 0.3) is 10.0 Å². The first-order valence-corrected chi connectivity index (χ1v) is 8.92. The molecule has 2 aromatic heterocycles. The summed E-state index contributed by atoms with van der Waals surface area (Å²) in [6.45, 7) is 0.818. The first kappa shape index (κ1) is 17.7. The summed E-state index contributed by atoms with van der Waals surface area (Å²) in [4.78, 5) is 9.39. The monoisotopic (exact) mass is 375 g/mol. The van der Waals surface area contributed by atoms with Gasteiger partial charge in [0.2, 0.25) is 0 Å². The van der Waals surface area contributed by atoms with Gasteiger partial charge in [-0.15, -0.1) is 0 Å². The molecular weight excluding hydrogens is 359 g/mol. The minimum Gasteiger partial charge on any atom is -0.355 e. The smallest absolute Gasteiger partial charge is 0.355 e. The van der Waals surface area contributed by atoms with Crippen molar-refractivity contribution >= 4 is 15.8 Å². The fourth-order valence-electron chi connectivity index (χ4n) is 2.61. The van der Waals surface area contributed by atoms with Gasteiger partial charge in [-0.05, 0) is 18.6 Å². The fraction of sp³-hybridized carbons (Fsp3) is 0.429. The second-order valence-electron chi connectivity index (χ2n) is 5.83. The van der Waals surface area contributed by atoms with E-state index in [0.29, 0.717) is 25.3 Å². The SMILES string of the molecule is Cn1cnc(S(=O)(=O)N[C@H]2CCN(c3ccc(C(F)(F)F)cn3)C2)c1. The Labute approximate surface area is 142 Å². The van der Waals surface area contributed by atoms with Crippen LogP contribution in [0.25, 0.3) is 0 Å². The van der Waals surface area contributed by atoms with E-state index in [2.05, 4.69) is 14.7 Å². The Morgan fingerprint density at radius 2 is 2.04 bits per heavy atom. The van der Waals surface area contributed by atoms with Crippen molar-refractivity contribution in [2.24, 2.45) is 7.05 Å². The molecule has 1 atom stereocenters. The molecule has 2 aromatic rings. The van der Waals surface area contributed by atoms with E-state index in [1.54, 1.807) is 11.9 Å². The number of aromatic nitrogens is 3. The first-order chi connectivity index (χ1) is 11.6. The molecule has 3 rings (SSSR count). The van der Waals surface area contributed by atoms with Gasteiger partial charge >= 0.3 is 6.18 Å². The van der Waals surface area contributed by atoms with Crippen molar-refractivity contribution < 1.29 is 21.6 Å². The molecule has 0 bridgehead atoms. The maximum absolute atomic E-state index is 12.6. The fourth-order valence-corrected chi connectivity index (χ4v) is 3.86. The minimum atomic E-state index is -4.43. The average Bonchev–Trinajstić information content (AvgIpc) is 3.16. The zero-order valence-corrected chi connectivity index (χ0v) is 14.0. The molecule has 7 nitrogen and oxygen atoms in total. The van der Waals surface area contributed by atoms with Crippen LogP contribution in [0, 0.1) is 0 Å². The van der Waals surface area contributed by atoms with Crippen LogP contribution in [0.4, 0.5) is 19.0 Å². The van der Waals surface area contributed by atoms with Crippen molar-refractivity contribution in [2.45, 2.75) is 23.7 Å². The van der Waals surface area contributed by atoms with E-state index < -0.39 is 21.8 Å². The summed E-state index contributed by atoms with van der Waals surface area (Å²) in [7, 11) is -2.07. The van der Waals surface area contributed by atoms with Gasteiger partial charge in [-0.2, -0.15) is 13.2 Å². The van der Waals surface area contributed by atoms with Crippen molar-refractivity contribution in [2.75, 3.05) is 18.0 Å². The summed E-state index contributed by atoms with van der Waals surface area (Å²) in [5.74, 6) is 0.382. The van der Waals surface area contributed by atoms with Gasteiger partial charge in [0.1, 0.15) is 5.82 Å². The van der Waals surface area contributed by atoms with Crippen LogP contribution >= 0.6 is 0 Å². The molecule has 1 aliphatic rings. The molecule has 136 valence electrons. The highest BCUT2D eigenvalue weighted by atomic mass is 32.2. The summed E-state index contributed by atoms with van der Waals surface area (Å²) >= 11 is 0. The topological polar surface area (TPSA) is 80.1 Å². The number of alkyl halides is 3. The van der Waals surface area contributed by atoms with Crippen LogP contribution in [0.3, 0.4) is 0 Å². The maximum atomic E-state index is 12.6. The van der Waals surface area contributed by atoms with Gasteiger partial charge in [-0.25, -0.2) is 23.1 Å². The standard InChI is InChI=1S/C14H16F3N5O2S/c1-21-8-13(19-9-21)25(23,24)20-11-4-5-22(7-11)12-3-2-10(6-18-12)14(15,16)17/h2-3,6,8-9,11,20H,4-5,7H2,1H3/t11-/m0/s1. The second-order valence-corrected chi connectivity index (χ2v) is 7.49. The molecule has 1 aliphatic heterocycles. The van der Waals surface area contributed by atoms with Gasteiger partial charge in [0, 0.05) is 38.6 Å². The third-order valence-electron chi connectivity index (χ3n) is 3.87. The number of anilines is 1. The highest BCUT2D eigenvalue weighted by molar-refractivity contribution is 7.89. The predicted octanol–water partition coefficient (Wildman–Crippen LogP) is 1.39. The summed E-state index contributed by atoms with van der Waals surface area (Å²) in [6.07, 6.45) is -0.346. The van der Waals surface area contributed by atoms with Crippen molar-refractivity contribution in [3.05, 3.63) is 36.4 Å². The van der Waals surface area contributed by atoms with Crippen LogP contribution in [0.2, 0.25) is 0 Å². The predicted molar refractivity (Wildman–Crippen MR) is 83.4 cm³/mol. The summed E-state index contributed by atoms with van der Waals surface area (Å²) < 4.78 is 66.3. The van der Waals surface area contributed by atoms with Gasteiger partial charge in [-0.1, -0.05) is 0 Å². The zero-order valence-electron chi connectivity index (χ0n) is 13.2. The largest absolute Gasteiger partial charge is 0.417 e. The molecule has 0 spiro atoms. The molecule has 25 heavy (non-hydrogen) atoms. The van der Waals surface area contributed by atoms with E-state index in [-0.39, 0.29) is 11.1 Å². The molecule has 1 fully saturated rings. The first-order valence-electron chi connectivity index (χ1n) is 7.44. The lowest BCUT2D eigenvalue weighted by molar-refractivity contribution is -0.137. The summed E-state index contributed by atoms with van der Waals surface area (Å²) in [5, 5.41) is -0.0684. The molecule has 0 saturated carbocycles. The number of hydrogen-bond acceptors (Lipinski definition) is 5. The molecule has 0 amide bonds. The Bertz CT molecular complexity index is 848. The van der Waals surface area contributed by atoms with E-state index in [1.165, 1.54) is 23.2 Å². The number of hydrogen-bond donors (Lipinski definition) is 1. The number of rotatable bonds is 4. The quantitative estimate of drug-likeness (QED) is 0.874. The lowest BCUT2D eigenvalue weighted by Gasteiger charge is -2.18. The van der Waals surface area contributed by atoms with Crippen LogP contribution in [0.1, 0.15) is 12.0 Å². The minimum absolute atomic E-state index is 0.0684. The zero-order chi connectivity index (χ0) is 18.2. The van der Waals surface area contributed by atoms with Crippen molar-refractivity contribution in [1.29, 1.82) is 0 Å². The Balaban J connectivity index is 1.66. The van der Waals surface area contributed by atoms with E-state index in [9.17, 15) is 21.6 Å². The molecule has 11 heteroatoms. The Morgan fingerprint density at radius 1 is 1.28 bits per heavy atom. The number of nitrogens with zero attached hydrogens (tertiary/aromatic N) is 4. The highest BCUT2D eigenvalue weighted by Crippen LogP contribution is 2.30. The third kappa shape index (κ3) is 3.93. The van der Waals surface area contributed by atoms with E-state index in [0.717, 1.165) is 12.3 Å². The number of sulfonamides is 1. The molecule has 3 heterocycles. The normalized spacial score (nSPS) is 18.7. The van der Waals surface area contributed by atoms with Crippen LogP contribution in [0.15, 0.2) is 35.9 Å². The third-order valence-corrected chi connectivity index (χ3v) is 5.27. The molecule has 1 saturated heterocycles. The van der Waals surface area contributed by atoms with Crippen molar-refractivity contribution in [3.8, 4) is 0 Å². The molecular formula is C14H16F3N5O2S. The molecule has 1 N–H and O–H groups in total. The molecule has 0 unspecified atom stereocenters. The summed E-state index contributed by atoms with van der Waals surface area (Å²) in [6, 6.07) is 1.89. The van der Waals surface area contributed by atoms with Crippen LogP contribution < -0.4 is 9.62 Å². The lowest BCUT2D eigenvalue weighted by atomic mass is 10.3. The number of halogens is 3. The number of pyridine rings is 1. The maximum Gasteiger partial charge on any atom is 0.417 e. The van der Waals surface area contributed by atoms with Gasteiger partial charge in [0.15, 0.2) is 5.03 Å². The highest BCUT2D eigenvalue weighted by Gasteiger charge is 2.32. The van der Waals surface area contributed by atoms with Crippen molar-refractivity contribution in [1.82, 2.24) is 19.3 Å². The van der Waals surface area contributed by atoms with Crippen LogP contribution in [0.5, 0.6) is 0 Å². The number of nitrogens with one attached hydrogen (secondary N) is 1. The average molecular weight is 375 g/mol. The van der Waals surface area contributed by atoms with Gasteiger partial charge in [-0.3, -0.25) is 0 Å². The van der Waals surface area contributed by atoms with E-state index in [4.69, 9.17) is 0 Å². The Hall–Kier alpha value is -2.14. The van der Waals surface area contributed by atoms with Gasteiger partial charge < -0.3 is 9.47 Å². The van der Waals surface area contributed by atoms with Gasteiger partial charge in [0.05, 0.1) is 11.9 Å². The van der Waals surface area contributed by atoms with Crippen molar-refractivity contribution in [3.63, 3.8) is 0 Å². The molecule has 0 radical (unpaired) electrons. The number of aryl methyl sites for hydroxylation is 1. The molecule has 0 aromatic carbocycles. The lowest BCUT2D eigenvalue weighted by Crippen LogP contribution is -2.37. The summed E-state index contributed by atoms with van der Waals surface area (Å²) in [5.41, 5.74) is -0.817. The van der Waals surface area contributed by atoms with Crippen LogP contribution in [-0.4, -0.2) is 42.1 Å². The Morgan fingerprint density at radius 3 is 2.60 bits per heavy atom. The molecule has 0 aliphatic carbocycles. The number of imidazole rings is 1. The van der Waals surface area contributed by atoms with E-state index >= 15 is 0 Å².